The molecule has 0 aliphatic heterocycles. The molecule has 0 saturated heterocycles. The first-order chi connectivity index (χ1) is 25.8. The van der Waals surface area contributed by atoms with E-state index in [1.807, 2.05) is 36.5 Å². The lowest BCUT2D eigenvalue weighted by molar-refractivity contribution is -0.153. The minimum atomic E-state index is -4.34. The number of esters is 1. The molecule has 0 saturated carbocycles. The molecular weight excluding hydrogens is 689 g/mol. The molecule has 0 aromatic rings. The van der Waals surface area contributed by atoms with E-state index in [9.17, 15) is 19.4 Å². The van der Waals surface area contributed by atoms with Crippen LogP contribution < -0.4 is 5.73 Å². The summed E-state index contributed by atoms with van der Waals surface area (Å²) in [6.07, 6.45) is 47.2. The van der Waals surface area contributed by atoms with Crippen molar-refractivity contribution < 1.29 is 37.9 Å². The molecule has 0 spiro atoms. The van der Waals surface area contributed by atoms with Gasteiger partial charge in [0.25, 0.3) is 0 Å². The van der Waals surface area contributed by atoms with Crippen molar-refractivity contribution in [3.8, 4) is 0 Å². The molecule has 53 heavy (non-hydrogen) atoms. The highest BCUT2D eigenvalue weighted by Crippen LogP contribution is 2.43. The number of allylic oxidation sites excluding steroid dienone is 11. The minimum Gasteiger partial charge on any atom is -0.498 e. The summed E-state index contributed by atoms with van der Waals surface area (Å²) >= 11 is 0. The molecule has 304 valence electrons. The summed E-state index contributed by atoms with van der Waals surface area (Å²) in [4.78, 5) is 22.4. The summed E-state index contributed by atoms with van der Waals surface area (Å²) in [6, 6.07) is 0. The summed E-state index contributed by atoms with van der Waals surface area (Å²) in [5.41, 5.74) is 5.34. The second-order valence-corrected chi connectivity index (χ2v) is 14.5. The lowest BCUT2D eigenvalue weighted by Crippen LogP contribution is -2.27. The average molecular weight is 764 g/mol. The van der Waals surface area contributed by atoms with E-state index in [2.05, 4.69) is 50.3 Å². The van der Waals surface area contributed by atoms with Gasteiger partial charge in [-0.15, -0.1) is 0 Å². The smallest absolute Gasteiger partial charge is 0.472 e. The molecule has 0 bridgehead atoms. The van der Waals surface area contributed by atoms with Crippen LogP contribution in [0.25, 0.3) is 0 Å². The van der Waals surface area contributed by atoms with Crippen LogP contribution in [0.1, 0.15) is 142 Å². The van der Waals surface area contributed by atoms with Gasteiger partial charge in [-0.1, -0.05) is 157 Å². The van der Waals surface area contributed by atoms with E-state index < -0.39 is 26.0 Å². The normalized spacial score (nSPS) is 15.0. The number of phosphoric acid groups is 1. The van der Waals surface area contributed by atoms with E-state index in [1.54, 1.807) is 12.3 Å². The van der Waals surface area contributed by atoms with Crippen LogP contribution in [0.4, 0.5) is 0 Å². The van der Waals surface area contributed by atoms with Crippen LogP contribution in [0.2, 0.25) is 0 Å². The van der Waals surface area contributed by atoms with Gasteiger partial charge in [0.05, 0.1) is 25.6 Å². The number of nitrogens with two attached hydrogens (primary N) is 1. The molecule has 0 aliphatic carbocycles. The molecule has 0 amide bonds. The van der Waals surface area contributed by atoms with Gasteiger partial charge in [-0.3, -0.25) is 13.8 Å². The Morgan fingerprint density at radius 3 is 1.92 bits per heavy atom. The molecule has 2 unspecified atom stereocenters. The van der Waals surface area contributed by atoms with E-state index in [0.717, 1.165) is 38.5 Å². The zero-order valence-corrected chi connectivity index (χ0v) is 34.0. The fourth-order valence-electron chi connectivity index (χ4n) is 5.01. The molecule has 0 aromatic carbocycles. The van der Waals surface area contributed by atoms with Gasteiger partial charge in [-0.25, -0.2) is 4.57 Å². The Morgan fingerprint density at radius 2 is 1.30 bits per heavy atom. The third-order valence-electron chi connectivity index (χ3n) is 7.98. The number of carbonyl (C=O) groups is 1. The van der Waals surface area contributed by atoms with Crippen LogP contribution in [-0.2, 0) is 27.9 Å². The molecule has 9 nitrogen and oxygen atoms in total. The van der Waals surface area contributed by atoms with E-state index in [-0.39, 0.29) is 32.8 Å². The van der Waals surface area contributed by atoms with Crippen molar-refractivity contribution in [3.05, 3.63) is 85.3 Å². The molecule has 3 atom stereocenters. The van der Waals surface area contributed by atoms with Gasteiger partial charge in [0.15, 0.2) is 6.10 Å². The summed E-state index contributed by atoms with van der Waals surface area (Å²) in [5.74, 6) is -0.497. The molecular formula is C43H74NO8P. The molecule has 0 heterocycles. The highest BCUT2D eigenvalue weighted by Gasteiger charge is 2.25. The molecule has 10 heteroatoms. The highest BCUT2D eigenvalue weighted by atomic mass is 31.2. The number of hydrogen-bond acceptors (Lipinski definition) is 8. The third-order valence-corrected chi connectivity index (χ3v) is 8.97. The summed E-state index contributed by atoms with van der Waals surface area (Å²) in [6.45, 7) is 3.89. The first-order valence-electron chi connectivity index (χ1n) is 20.2. The van der Waals surface area contributed by atoms with Crippen molar-refractivity contribution in [2.45, 2.75) is 154 Å². The number of carbonyl (C=O) groups excluding carboxylic acids is 1. The number of phosphoric ester groups is 1. The van der Waals surface area contributed by atoms with Gasteiger partial charge < -0.3 is 25.2 Å². The van der Waals surface area contributed by atoms with Crippen LogP contribution in [0.5, 0.6) is 0 Å². The number of unbranched alkanes of at least 4 members (excludes halogenated alkanes) is 12. The maximum Gasteiger partial charge on any atom is 0.472 e. The van der Waals surface area contributed by atoms with Crippen molar-refractivity contribution in [2.24, 2.45) is 5.73 Å². The summed E-state index contributed by atoms with van der Waals surface area (Å²) < 4.78 is 32.9. The topological polar surface area (TPSA) is 138 Å². The maximum absolute atomic E-state index is 12.5. The van der Waals surface area contributed by atoms with E-state index in [1.165, 1.54) is 70.6 Å². The molecule has 0 aliphatic rings. The fourth-order valence-corrected chi connectivity index (χ4v) is 5.78. The summed E-state index contributed by atoms with van der Waals surface area (Å²) in [7, 11) is -4.34. The number of rotatable bonds is 37. The Bertz CT molecular complexity index is 1100. The minimum absolute atomic E-state index is 0.0365. The Labute approximate surface area is 322 Å². The van der Waals surface area contributed by atoms with Crippen LogP contribution in [0, 0.1) is 0 Å². The van der Waals surface area contributed by atoms with Gasteiger partial charge in [0.1, 0.15) is 6.61 Å². The van der Waals surface area contributed by atoms with Crippen molar-refractivity contribution >= 4 is 13.8 Å². The second-order valence-electron chi connectivity index (χ2n) is 13.0. The third kappa shape index (κ3) is 39.0. The number of aliphatic hydroxyl groups is 1. The Morgan fingerprint density at radius 1 is 0.698 bits per heavy atom. The maximum atomic E-state index is 12.5. The monoisotopic (exact) mass is 764 g/mol. The predicted octanol–water partition coefficient (Wildman–Crippen LogP) is 11.1. The molecule has 4 N–H and O–H groups in total. The van der Waals surface area contributed by atoms with Gasteiger partial charge in [0, 0.05) is 13.0 Å². The van der Waals surface area contributed by atoms with E-state index >= 15 is 0 Å². The first kappa shape index (κ1) is 50.5. The largest absolute Gasteiger partial charge is 0.498 e. The van der Waals surface area contributed by atoms with Crippen LogP contribution >= 0.6 is 7.82 Å². The van der Waals surface area contributed by atoms with Crippen LogP contribution in [0.15, 0.2) is 85.3 Å². The Balaban J connectivity index is 4.38. The van der Waals surface area contributed by atoms with Gasteiger partial charge in [0.2, 0.25) is 0 Å². The van der Waals surface area contributed by atoms with E-state index in [4.69, 9.17) is 24.3 Å². The lowest BCUT2D eigenvalue weighted by Gasteiger charge is -2.19. The first-order valence-corrected chi connectivity index (χ1v) is 21.7. The summed E-state index contributed by atoms with van der Waals surface area (Å²) in [5, 5.41) is 10.2. The van der Waals surface area contributed by atoms with Crippen molar-refractivity contribution in [2.75, 3.05) is 26.4 Å². The van der Waals surface area contributed by atoms with Crippen molar-refractivity contribution in [1.82, 2.24) is 0 Å². The van der Waals surface area contributed by atoms with Gasteiger partial charge in [-0.2, -0.15) is 0 Å². The number of aliphatic hydroxyl groups excluding tert-OH is 1. The van der Waals surface area contributed by atoms with Crippen molar-refractivity contribution in [3.63, 3.8) is 0 Å². The fraction of sp³-hybridized carbons (Fsp3) is 0.651. The van der Waals surface area contributed by atoms with Gasteiger partial charge in [-0.05, 0) is 57.4 Å². The Hall–Kier alpha value is -2.52. The SMILES string of the molecule is CC/C=C\C/C=C\C/C=C\C/C=C\C=C/C(O)C/C=C\CCC(=O)O[C@H](CO/C=C/CCCCCCCCCCCCCC)COP(=O)(O)OCCN. The van der Waals surface area contributed by atoms with Crippen LogP contribution in [0.3, 0.4) is 0 Å². The number of ether oxygens (including phenoxy) is 2. The van der Waals surface area contributed by atoms with Gasteiger partial charge >= 0.3 is 13.8 Å². The molecule has 0 aromatic heterocycles. The molecule has 0 radical (unpaired) electrons. The quantitative estimate of drug-likeness (QED) is 0.0141. The van der Waals surface area contributed by atoms with Crippen LogP contribution in [-0.4, -0.2) is 54.5 Å². The van der Waals surface area contributed by atoms with Crippen molar-refractivity contribution in [1.29, 1.82) is 0 Å². The zero-order valence-electron chi connectivity index (χ0n) is 33.1. The zero-order chi connectivity index (χ0) is 38.9. The average Bonchev–Trinajstić information content (AvgIpc) is 3.14. The molecule has 0 rings (SSSR count). The van der Waals surface area contributed by atoms with E-state index in [0.29, 0.717) is 12.8 Å². The standard InChI is InChI=1S/C43H74NO8P/c1-3-5-7-9-11-13-15-17-19-21-23-25-27-32-37-49-39-42(40-51-53(47,48)50-38-36-44)52-43(46)35-31-28-30-34-41(45)33-29-26-24-22-20-18-16-14-12-10-8-6-4-2/h6,8,12,14,18,20,24,26,28-30,32-33,37,41-42,45H,3-5,7,9-11,13,15-17,19,21-23,25,27,31,34-36,38-40,44H2,1-2H3,(H,47,48)/b8-6-,14-12-,20-18-,26-24-,30-28-,33-29-,37-32+/t41?,42-/m1/s1. The lowest BCUT2D eigenvalue weighted by atomic mass is 10.0. The molecule has 0 fully saturated rings. The highest BCUT2D eigenvalue weighted by molar-refractivity contribution is 7.47. The predicted molar refractivity (Wildman–Crippen MR) is 220 cm³/mol. The Kier molecular flexibility index (Phi) is 37.3. The number of hydrogen-bond donors (Lipinski definition) is 3. The second kappa shape index (κ2) is 39.2.